The van der Waals surface area contributed by atoms with Crippen molar-refractivity contribution in [3.05, 3.63) is 99.1 Å². The Morgan fingerprint density at radius 1 is 0.938 bits per heavy atom. The number of carbonyl (C=O) groups is 1. The smallest absolute Gasteiger partial charge is 0.325 e. The van der Waals surface area contributed by atoms with Crippen LogP contribution in [0.15, 0.2) is 76.6 Å². The average Bonchev–Trinajstić information content (AvgIpc) is 2.80. The minimum Gasteiger partial charge on any atom is -0.325 e. The minimum atomic E-state index is -0.591. The number of nitrogens with one attached hydrogen (secondary N) is 1. The molecule has 0 radical (unpaired) electrons. The molecule has 0 aliphatic heterocycles. The van der Waals surface area contributed by atoms with Crippen molar-refractivity contribution in [2.45, 2.75) is 32.9 Å². The maximum atomic E-state index is 13.2. The second-order valence-electron chi connectivity index (χ2n) is 7.78. The lowest BCUT2D eigenvalue weighted by molar-refractivity contribution is -0.116. The van der Waals surface area contributed by atoms with Crippen LogP contribution in [0.5, 0.6) is 0 Å². The van der Waals surface area contributed by atoms with Crippen LogP contribution in [0.4, 0.5) is 5.69 Å². The van der Waals surface area contributed by atoms with E-state index >= 15 is 0 Å². The van der Waals surface area contributed by atoms with Gasteiger partial charge in [-0.05, 0) is 47.9 Å². The van der Waals surface area contributed by atoms with Crippen molar-refractivity contribution in [1.82, 2.24) is 19.1 Å². The van der Waals surface area contributed by atoms with Crippen molar-refractivity contribution in [3.63, 3.8) is 0 Å². The lowest BCUT2D eigenvalue weighted by atomic mass is 10.0. The van der Waals surface area contributed by atoms with Crippen LogP contribution < -0.4 is 16.6 Å². The molecule has 4 rings (SSSR count). The first-order chi connectivity index (χ1) is 15.4. The Morgan fingerprint density at radius 2 is 1.69 bits per heavy atom. The monoisotopic (exact) mass is 429 g/mol. The molecule has 8 nitrogen and oxygen atoms in total. The van der Waals surface area contributed by atoms with Crippen LogP contribution in [0.25, 0.3) is 11.0 Å². The lowest BCUT2D eigenvalue weighted by Crippen LogP contribution is -2.42. The average molecular weight is 429 g/mol. The largest absolute Gasteiger partial charge is 0.332 e. The molecular weight excluding hydrogens is 406 g/mol. The van der Waals surface area contributed by atoms with Gasteiger partial charge in [0.1, 0.15) is 6.54 Å². The molecule has 4 aromatic rings. The van der Waals surface area contributed by atoms with Crippen LogP contribution in [-0.2, 0) is 17.9 Å². The number of amides is 1. The topological polar surface area (TPSA) is 98.9 Å². The highest BCUT2D eigenvalue weighted by Crippen LogP contribution is 2.17. The molecule has 0 bridgehead atoms. The minimum absolute atomic E-state index is 0.0106. The molecular formula is C24H23N5O3. The predicted molar refractivity (Wildman–Crippen MR) is 123 cm³/mol. The van der Waals surface area contributed by atoms with Gasteiger partial charge in [-0.1, -0.05) is 32.0 Å². The highest BCUT2D eigenvalue weighted by atomic mass is 16.2. The molecule has 1 amide bonds. The molecule has 1 N–H and O–H groups in total. The number of carbonyl (C=O) groups excluding carboxylic acids is 1. The van der Waals surface area contributed by atoms with Gasteiger partial charge in [0.05, 0.1) is 17.8 Å². The van der Waals surface area contributed by atoms with Crippen LogP contribution in [0.2, 0.25) is 0 Å². The Balaban J connectivity index is 1.69. The Morgan fingerprint density at radius 3 is 2.38 bits per heavy atom. The summed E-state index contributed by atoms with van der Waals surface area (Å²) in [6.45, 7) is 3.93. The van der Waals surface area contributed by atoms with E-state index in [2.05, 4.69) is 29.1 Å². The summed E-state index contributed by atoms with van der Waals surface area (Å²) in [6.07, 6.45) is 3.08. The number of anilines is 1. The van der Waals surface area contributed by atoms with Gasteiger partial charge in [0, 0.05) is 18.1 Å². The molecule has 8 heteroatoms. The molecule has 0 unspecified atom stereocenters. The van der Waals surface area contributed by atoms with Gasteiger partial charge in [-0.25, -0.2) is 9.78 Å². The summed E-state index contributed by atoms with van der Waals surface area (Å²) in [4.78, 5) is 47.2. The summed E-state index contributed by atoms with van der Waals surface area (Å²) in [7, 11) is 0. The van der Waals surface area contributed by atoms with E-state index in [0.717, 1.165) is 10.1 Å². The molecule has 0 aliphatic rings. The standard InChI is InChI=1S/C24H23N5O3/c1-16(2)17-8-10-18(11-9-17)27-21(30)15-28-20-7-5-13-26-22(20)23(31)29(24(28)32)14-19-6-3-4-12-25-19/h3-13,16H,14-15H2,1-2H3,(H,27,30). The Labute approximate surface area is 184 Å². The number of fused-ring (bicyclic) bond motifs is 1. The molecule has 0 spiro atoms. The summed E-state index contributed by atoms with van der Waals surface area (Å²) in [5.74, 6) is 0.00920. The van der Waals surface area contributed by atoms with Gasteiger partial charge in [0.15, 0.2) is 5.52 Å². The zero-order valence-corrected chi connectivity index (χ0v) is 17.9. The lowest BCUT2D eigenvalue weighted by Gasteiger charge is -2.14. The van der Waals surface area contributed by atoms with Crippen LogP contribution in [0, 0.1) is 0 Å². The summed E-state index contributed by atoms with van der Waals surface area (Å²) >= 11 is 0. The van der Waals surface area contributed by atoms with Gasteiger partial charge in [0.25, 0.3) is 5.56 Å². The van der Waals surface area contributed by atoms with E-state index in [1.165, 1.54) is 10.8 Å². The number of nitrogens with zero attached hydrogens (tertiary/aromatic N) is 4. The van der Waals surface area contributed by atoms with Crippen molar-refractivity contribution in [2.75, 3.05) is 5.32 Å². The first kappa shape index (κ1) is 21.2. The molecule has 0 fully saturated rings. The van der Waals surface area contributed by atoms with Gasteiger partial charge >= 0.3 is 5.69 Å². The third-order valence-corrected chi connectivity index (χ3v) is 5.20. The first-order valence-corrected chi connectivity index (χ1v) is 10.3. The van der Waals surface area contributed by atoms with E-state index in [9.17, 15) is 14.4 Å². The van der Waals surface area contributed by atoms with Crippen molar-refractivity contribution in [2.24, 2.45) is 0 Å². The summed E-state index contributed by atoms with van der Waals surface area (Å²) < 4.78 is 2.33. The molecule has 0 saturated carbocycles. The highest BCUT2D eigenvalue weighted by Gasteiger charge is 2.17. The Kier molecular flexibility index (Phi) is 5.93. The Hall–Kier alpha value is -4.07. The second kappa shape index (κ2) is 8.97. The summed E-state index contributed by atoms with van der Waals surface area (Å²) in [5, 5.41) is 2.81. The summed E-state index contributed by atoms with van der Waals surface area (Å²) in [6, 6.07) is 16.1. The van der Waals surface area contributed by atoms with Crippen LogP contribution >= 0.6 is 0 Å². The van der Waals surface area contributed by atoms with Gasteiger partial charge in [-0.2, -0.15) is 0 Å². The third-order valence-electron chi connectivity index (χ3n) is 5.20. The predicted octanol–water partition coefficient (Wildman–Crippen LogP) is 2.76. The zero-order chi connectivity index (χ0) is 22.7. The van der Waals surface area contributed by atoms with E-state index in [1.807, 2.05) is 24.3 Å². The van der Waals surface area contributed by atoms with E-state index < -0.39 is 11.2 Å². The maximum Gasteiger partial charge on any atom is 0.332 e. The molecule has 3 heterocycles. The summed E-state index contributed by atoms with van der Waals surface area (Å²) in [5.41, 5.74) is 1.68. The first-order valence-electron chi connectivity index (χ1n) is 10.3. The van der Waals surface area contributed by atoms with Gasteiger partial charge in [-0.15, -0.1) is 0 Å². The van der Waals surface area contributed by atoms with Gasteiger partial charge < -0.3 is 5.32 Å². The molecule has 0 aliphatic carbocycles. The van der Waals surface area contributed by atoms with Crippen molar-refractivity contribution >= 4 is 22.6 Å². The molecule has 1 aromatic carbocycles. The SMILES string of the molecule is CC(C)c1ccc(NC(=O)Cn2c(=O)n(Cc3ccccn3)c(=O)c3ncccc32)cc1. The second-order valence-corrected chi connectivity index (χ2v) is 7.78. The van der Waals surface area contributed by atoms with Crippen molar-refractivity contribution < 1.29 is 4.79 Å². The normalized spacial score (nSPS) is 11.1. The van der Waals surface area contributed by atoms with E-state index in [4.69, 9.17) is 0 Å². The number of rotatable bonds is 6. The van der Waals surface area contributed by atoms with Crippen molar-refractivity contribution in [1.29, 1.82) is 0 Å². The van der Waals surface area contributed by atoms with Gasteiger partial charge in [-0.3, -0.25) is 23.7 Å². The number of benzene rings is 1. The van der Waals surface area contributed by atoms with Crippen LogP contribution in [-0.4, -0.2) is 25.0 Å². The Bertz CT molecular complexity index is 1370. The highest BCUT2D eigenvalue weighted by molar-refractivity contribution is 5.91. The maximum absolute atomic E-state index is 13.2. The van der Waals surface area contributed by atoms with E-state index in [-0.39, 0.29) is 24.5 Å². The van der Waals surface area contributed by atoms with Crippen LogP contribution in [0.1, 0.15) is 31.0 Å². The number of pyridine rings is 2. The number of hydrogen-bond acceptors (Lipinski definition) is 5. The van der Waals surface area contributed by atoms with E-state index in [0.29, 0.717) is 22.8 Å². The third kappa shape index (κ3) is 4.34. The van der Waals surface area contributed by atoms with Crippen LogP contribution in [0.3, 0.4) is 0 Å². The molecule has 162 valence electrons. The van der Waals surface area contributed by atoms with Crippen molar-refractivity contribution in [3.8, 4) is 0 Å². The molecule has 3 aromatic heterocycles. The zero-order valence-electron chi connectivity index (χ0n) is 17.9. The van der Waals surface area contributed by atoms with Gasteiger partial charge in [0.2, 0.25) is 5.91 Å². The fourth-order valence-corrected chi connectivity index (χ4v) is 3.48. The molecule has 0 saturated heterocycles. The fraction of sp³-hybridized carbons (Fsp3) is 0.208. The fourth-order valence-electron chi connectivity index (χ4n) is 3.48. The molecule has 32 heavy (non-hydrogen) atoms. The molecule has 0 atom stereocenters. The quantitative estimate of drug-likeness (QED) is 0.508. The van der Waals surface area contributed by atoms with E-state index in [1.54, 1.807) is 36.5 Å². The number of hydrogen-bond donors (Lipinski definition) is 1. The number of aromatic nitrogens is 4.